The largest absolute Gasteiger partial charge is 0.396 e. The van der Waals surface area contributed by atoms with Crippen LogP contribution in [-0.4, -0.2) is 85.8 Å². The van der Waals surface area contributed by atoms with Gasteiger partial charge in [-0.25, -0.2) is 0 Å². The summed E-state index contributed by atoms with van der Waals surface area (Å²) in [5, 5.41) is 9.45. The maximum absolute atomic E-state index is 14.4. The minimum Gasteiger partial charge on any atom is -0.396 e. The lowest BCUT2D eigenvalue weighted by atomic mass is 9.70. The summed E-state index contributed by atoms with van der Waals surface area (Å²) in [7, 11) is 0. The van der Waals surface area contributed by atoms with E-state index in [1.54, 1.807) is 28.8 Å². The average molecular weight is 568 g/mol. The van der Waals surface area contributed by atoms with Crippen molar-refractivity contribution in [2.24, 2.45) is 11.8 Å². The van der Waals surface area contributed by atoms with Crippen molar-refractivity contribution < 1.29 is 19.5 Å². The number of benzene rings is 1. The maximum Gasteiger partial charge on any atom is 0.247 e. The number of aliphatic hydroxyl groups excluding tert-OH is 1. The van der Waals surface area contributed by atoms with Gasteiger partial charge in [-0.15, -0.1) is 24.9 Å². The molecule has 218 valence electrons. The summed E-state index contributed by atoms with van der Waals surface area (Å²) < 4.78 is -0.615. The summed E-state index contributed by atoms with van der Waals surface area (Å²) >= 11 is 1.71. The van der Waals surface area contributed by atoms with Crippen LogP contribution >= 0.6 is 11.8 Å². The van der Waals surface area contributed by atoms with Crippen LogP contribution in [0.2, 0.25) is 0 Å². The van der Waals surface area contributed by atoms with E-state index in [0.717, 1.165) is 31.2 Å². The van der Waals surface area contributed by atoms with Crippen molar-refractivity contribution in [3.8, 4) is 0 Å². The van der Waals surface area contributed by atoms with E-state index in [0.29, 0.717) is 39.0 Å². The van der Waals surface area contributed by atoms with Crippen LogP contribution in [0.3, 0.4) is 0 Å². The van der Waals surface area contributed by atoms with Crippen LogP contribution in [0.5, 0.6) is 0 Å². The number of carbonyl (C=O) groups is 3. The first-order valence-corrected chi connectivity index (χ1v) is 15.7. The molecule has 1 spiro atoms. The second kappa shape index (κ2) is 13.4. The fourth-order valence-corrected chi connectivity index (χ4v) is 9.31. The van der Waals surface area contributed by atoms with Crippen LogP contribution in [0.4, 0.5) is 0 Å². The Kier molecular flexibility index (Phi) is 10.2. The van der Waals surface area contributed by atoms with Gasteiger partial charge in [0.15, 0.2) is 0 Å². The monoisotopic (exact) mass is 567 g/mol. The van der Waals surface area contributed by atoms with E-state index < -0.39 is 22.6 Å². The topological polar surface area (TPSA) is 81.2 Å². The van der Waals surface area contributed by atoms with Crippen LogP contribution in [0.15, 0.2) is 55.6 Å². The van der Waals surface area contributed by atoms with Crippen LogP contribution in [0.1, 0.15) is 57.9 Å². The van der Waals surface area contributed by atoms with Gasteiger partial charge in [0, 0.05) is 44.1 Å². The van der Waals surface area contributed by atoms with E-state index in [9.17, 15) is 19.5 Å². The van der Waals surface area contributed by atoms with Crippen molar-refractivity contribution in [3.63, 3.8) is 0 Å². The molecule has 3 fully saturated rings. The second-order valence-electron chi connectivity index (χ2n) is 11.4. The molecule has 1 N–H and O–H groups in total. The molecule has 0 aromatic heterocycles. The summed E-state index contributed by atoms with van der Waals surface area (Å²) in [5.74, 6) is -1.12. The second-order valence-corrected chi connectivity index (χ2v) is 13.0. The molecule has 3 amide bonds. The summed E-state index contributed by atoms with van der Waals surface area (Å²) in [5.41, 5.74) is 1.03. The molecule has 3 unspecified atom stereocenters. The Balaban J connectivity index is 1.69. The molecule has 0 aliphatic carbocycles. The number of amides is 3. The Labute approximate surface area is 243 Å². The minimum absolute atomic E-state index is 0.0142. The fourth-order valence-electron chi connectivity index (χ4n) is 7.11. The highest BCUT2D eigenvalue weighted by molar-refractivity contribution is 8.02. The number of likely N-dealkylation sites (tertiary alicyclic amines) is 1. The first-order chi connectivity index (χ1) is 19.3. The third-order valence-corrected chi connectivity index (χ3v) is 10.8. The highest BCUT2D eigenvalue weighted by atomic mass is 32.2. The number of fused-ring (bicyclic) bond motifs is 1. The number of rotatable bonds is 15. The molecule has 3 aliphatic heterocycles. The summed E-state index contributed by atoms with van der Waals surface area (Å²) in [6, 6.07) is 9.30. The van der Waals surface area contributed by atoms with Crippen LogP contribution < -0.4 is 0 Å². The minimum atomic E-state index is -0.615. The number of nitrogens with zero attached hydrogens (tertiary/aromatic N) is 3. The predicted octanol–water partition coefficient (Wildman–Crippen LogP) is 4.27. The molecule has 6 atom stereocenters. The molecule has 3 saturated heterocycles. The van der Waals surface area contributed by atoms with Gasteiger partial charge in [0.1, 0.15) is 6.04 Å². The highest BCUT2D eigenvalue weighted by Crippen LogP contribution is 2.66. The number of unbranched alkanes of at least 4 members (excludes halogenated alkanes) is 1. The summed E-state index contributed by atoms with van der Waals surface area (Å²) in [4.78, 5) is 48.4. The Morgan fingerprint density at radius 2 is 1.90 bits per heavy atom. The molecule has 2 bridgehead atoms. The zero-order chi connectivity index (χ0) is 28.9. The van der Waals surface area contributed by atoms with E-state index in [1.807, 2.05) is 40.1 Å². The first-order valence-electron chi connectivity index (χ1n) is 14.8. The third kappa shape index (κ3) is 5.62. The average Bonchev–Trinajstić information content (AvgIpc) is 3.59. The number of hydrogen-bond donors (Lipinski definition) is 1. The Morgan fingerprint density at radius 3 is 2.55 bits per heavy atom. The molecule has 3 heterocycles. The summed E-state index contributed by atoms with van der Waals surface area (Å²) in [6.45, 7) is 13.7. The maximum atomic E-state index is 14.4. The molecule has 1 aromatic carbocycles. The molecule has 3 aliphatic rings. The van der Waals surface area contributed by atoms with Gasteiger partial charge in [-0.1, -0.05) is 55.8 Å². The number of carbonyl (C=O) groups excluding carboxylic acids is 3. The molecule has 40 heavy (non-hydrogen) atoms. The van der Waals surface area contributed by atoms with E-state index >= 15 is 0 Å². The van der Waals surface area contributed by atoms with E-state index in [4.69, 9.17) is 0 Å². The van der Waals surface area contributed by atoms with E-state index in [-0.39, 0.29) is 35.6 Å². The van der Waals surface area contributed by atoms with Gasteiger partial charge >= 0.3 is 0 Å². The standard InChI is InChI=1S/C32H45N3O4S/c1-5-13-23(4)34(19-7-3)31(39)28-32-17-16-25(40-32)26(27(32)30(38)35(28)20-11-12-21-36)29(37)33(18-6-2)22-24-14-9-8-10-15-24/h6-10,14-15,23,25-28,36H,2-3,5,11-13,16-22H2,1,4H3/t23?,25-,26+,27-,28?,32?/m0/s1. The van der Waals surface area contributed by atoms with Gasteiger partial charge in [-0.2, -0.15) is 0 Å². The van der Waals surface area contributed by atoms with Crippen molar-refractivity contribution in [1.82, 2.24) is 14.7 Å². The van der Waals surface area contributed by atoms with Crippen LogP contribution in [0, 0.1) is 11.8 Å². The number of hydrogen-bond acceptors (Lipinski definition) is 5. The zero-order valence-corrected chi connectivity index (χ0v) is 24.9. The van der Waals surface area contributed by atoms with Gasteiger partial charge < -0.3 is 19.8 Å². The lowest BCUT2D eigenvalue weighted by Gasteiger charge is -2.39. The summed E-state index contributed by atoms with van der Waals surface area (Å²) in [6.07, 6.45) is 8.06. The quantitative estimate of drug-likeness (QED) is 0.253. The van der Waals surface area contributed by atoms with Crippen LogP contribution in [-0.2, 0) is 20.9 Å². The van der Waals surface area contributed by atoms with Gasteiger partial charge in [0.25, 0.3) is 0 Å². The van der Waals surface area contributed by atoms with Gasteiger partial charge in [0.05, 0.1) is 16.6 Å². The lowest BCUT2D eigenvalue weighted by molar-refractivity contribution is -0.145. The van der Waals surface area contributed by atoms with E-state index in [1.165, 1.54) is 0 Å². The van der Waals surface area contributed by atoms with Gasteiger partial charge in [-0.3, -0.25) is 14.4 Å². The van der Waals surface area contributed by atoms with Gasteiger partial charge in [0.2, 0.25) is 17.7 Å². The van der Waals surface area contributed by atoms with Crippen molar-refractivity contribution >= 4 is 29.5 Å². The molecular weight excluding hydrogens is 522 g/mol. The normalized spacial score (nSPS) is 27.4. The molecular formula is C32H45N3O4S. The van der Waals surface area contributed by atoms with Gasteiger partial charge in [-0.05, 0) is 44.6 Å². The molecule has 8 heteroatoms. The molecule has 0 saturated carbocycles. The van der Waals surface area contributed by atoms with Crippen molar-refractivity contribution in [2.75, 3.05) is 26.2 Å². The van der Waals surface area contributed by atoms with Crippen molar-refractivity contribution in [1.29, 1.82) is 0 Å². The highest BCUT2D eigenvalue weighted by Gasteiger charge is 2.74. The van der Waals surface area contributed by atoms with Crippen LogP contribution in [0.25, 0.3) is 0 Å². The molecule has 0 radical (unpaired) electrons. The first kappa shape index (κ1) is 30.4. The van der Waals surface area contributed by atoms with E-state index in [2.05, 4.69) is 27.0 Å². The smallest absolute Gasteiger partial charge is 0.247 e. The SMILES string of the molecule is C=CCN(Cc1ccccc1)C(=O)[C@@H]1[C@@H]2CCC3(S2)C(C(=O)N(CC=C)C(C)CCC)N(CCCCO)C(=O)[C@H]13. The Bertz CT molecular complexity index is 1080. The predicted molar refractivity (Wildman–Crippen MR) is 160 cm³/mol. The van der Waals surface area contributed by atoms with Crippen molar-refractivity contribution in [2.45, 2.75) is 81.0 Å². The Hall–Kier alpha value is -2.58. The fraction of sp³-hybridized carbons (Fsp3) is 0.594. The van der Waals surface area contributed by atoms with Crippen molar-refractivity contribution in [3.05, 3.63) is 61.2 Å². The molecule has 1 aromatic rings. The molecule has 7 nitrogen and oxygen atoms in total. The third-order valence-electron chi connectivity index (χ3n) is 8.85. The number of aliphatic hydroxyl groups is 1. The number of thioether (sulfide) groups is 1. The Morgan fingerprint density at radius 1 is 1.18 bits per heavy atom. The molecule has 4 rings (SSSR count). The lowest BCUT2D eigenvalue weighted by Crippen LogP contribution is -2.56. The zero-order valence-electron chi connectivity index (χ0n) is 24.0.